The van der Waals surface area contributed by atoms with Gasteiger partial charge in [0.15, 0.2) is 0 Å². The van der Waals surface area contributed by atoms with Gasteiger partial charge in [-0.2, -0.15) is 0 Å². The molecule has 0 aliphatic carbocycles. The van der Waals surface area contributed by atoms with Crippen LogP contribution in [0.4, 0.5) is 0 Å². The van der Waals surface area contributed by atoms with Crippen molar-refractivity contribution in [2.45, 2.75) is 33.2 Å². The molecule has 17 heavy (non-hydrogen) atoms. The molecule has 1 fully saturated rings. The van der Waals surface area contributed by atoms with Crippen LogP contribution in [0.3, 0.4) is 0 Å². The summed E-state index contributed by atoms with van der Waals surface area (Å²) in [5, 5.41) is 8.14. The van der Waals surface area contributed by atoms with E-state index in [2.05, 4.69) is 29.5 Å². The van der Waals surface area contributed by atoms with E-state index in [-0.39, 0.29) is 12.4 Å². The second-order valence-corrected chi connectivity index (χ2v) is 5.85. The normalized spacial score (nSPS) is 16.8. The fraction of sp³-hybridized carbons (Fsp3) is 0.750. The van der Waals surface area contributed by atoms with E-state index in [1.807, 2.05) is 11.3 Å². The molecule has 1 aromatic rings. The highest BCUT2D eigenvalue weighted by molar-refractivity contribution is 7.11. The number of hydrogen-bond donors (Lipinski definition) is 2. The summed E-state index contributed by atoms with van der Waals surface area (Å²) >= 11 is 1.82. The number of thiazole rings is 1. The Kier molecular flexibility index (Phi) is 6.41. The van der Waals surface area contributed by atoms with E-state index in [0.29, 0.717) is 0 Å². The Morgan fingerprint density at radius 3 is 2.65 bits per heavy atom. The van der Waals surface area contributed by atoms with Crippen molar-refractivity contribution in [1.29, 1.82) is 0 Å². The van der Waals surface area contributed by atoms with E-state index in [4.69, 9.17) is 0 Å². The first kappa shape index (κ1) is 14.9. The molecule has 0 atom stereocenters. The summed E-state index contributed by atoms with van der Waals surface area (Å²) in [5.41, 5.74) is 1.19. The molecule has 5 heteroatoms. The second kappa shape index (κ2) is 7.31. The predicted octanol–water partition coefficient (Wildman–Crippen LogP) is 2.27. The van der Waals surface area contributed by atoms with Crippen LogP contribution in [-0.4, -0.2) is 24.6 Å². The predicted molar refractivity (Wildman–Crippen MR) is 76.1 cm³/mol. The van der Waals surface area contributed by atoms with Crippen molar-refractivity contribution in [2.75, 3.05) is 19.6 Å². The van der Waals surface area contributed by atoms with Crippen LogP contribution < -0.4 is 10.6 Å². The van der Waals surface area contributed by atoms with Gasteiger partial charge in [-0.1, -0.05) is 0 Å². The van der Waals surface area contributed by atoms with Crippen LogP contribution >= 0.6 is 23.7 Å². The lowest BCUT2D eigenvalue weighted by atomic mass is 9.98. The second-order valence-electron chi connectivity index (χ2n) is 4.57. The smallest absolute Gasteiger partial charge is 0.0900 e. The van der Waals surface area contributed by atoms with Crippen LogP contribution in [0.25, 0.3) is 0 Å². The van der Waals surface area contributed by atoms with Gasteiger partial charge in [-0.05, 0) is 52.2 Å². The summed E-state index contributed by atoms with van der Waals surface area (Å²) in [6.07, 6.45) is 2.63. The van der Waals surface area contributed by atoms with Crippen molar-refractivity contribution in [2.24, 2.45) is 5.92 Å². The van der Waals surface area contributed by atoms with Gasteiger partial charge in [0.2, 0.25) is 0 Å². The highest BCUT2D eigenvalue weighted by Gasteiger charge is 2.12. The molecule has 0 saturated carbocycles. The number of halogens is 1. The molecule has 0 unspecified atom stereocenters. The van der Waals surface area contributed by atoms with Crippen LogP contribution in [0, 0.1) is 19.8 Å². The molecule has 0 spiro atoms. The first-order chi connectivity index (χ1) is 7.75. The largest absolute Gasteiger partial charge is 0.317 e. The topological polar surface area (TPSA) is 37.0 Å². The molecule has 1 aliphatic heterocycles. The van der Waals surface area contributed by atoms with Crippen molar-refractivity contribution in [3.63, 3.8) is 0 Å². The van der Waals surface area contributed by atoms with E-state index in [0.717, 1.165) is 19.0 Å². The standard InChI is InChI=1S/C12H21N3S.ClH/c1-9-12(16-10(2)15-9)8-14-7-11-3-5-13-6-4-11;/h11,13-14H,3-8H2,1-2H3;1H. The van der Waals surface area contributed by atoms with Crippen molar-refractivity contribution in [1.82, 2.24) is 15.6 Å². The van der Waals surface area contributed by atoms with Crippen LogP contribution in [0.1, 0.15) is 28.4 Å². The fourth-order valence-electron chi connectivity index (χ4n) is 2.21. The molecule has 0 bridgehead atoms. The van der Waals surface area contributed by atoms with E-state index >= 15 is 0 Å². The lowest BCUT2D eigenvalue weighted by Gasteiger charge is -2.22. The van der Waals surface area contributed by atoms with Gasteiger partial charge in [0, 0.05) is 11.4 Å². The highest BCUT2D eigenvalue weighted by Crippen LogP contribution is 2.17. The number of rotatable bonds is 4. The summed E-state index contributed by atoms with van der Waals surface area (Å²) < 4.78 is 0. The summed E-state index contributed by atoms with van der Waals surface area (Å²) in [6.45, 7) is 8.69. The zero-order valence-electron chi connectivity index (χ0n) is 10.6. The number of nitrogens with one attached hydrogen (secondary N) is 2. The maximum absolute atomic E-state index is 4.45. The van der Waals surface area contributed by atoms with Gasteiger partial charge in [0.25, 0.3) is 0 Å². The van der Waals surface area contributed by atoms with E-state index < -0.39 is 0 Å². The van der Waals surface area contributed by atoms with Crippen LogP contribution in [0.2, 0.25) is 0 Å². The van der Waals surface area contributed by atoms with Gasteiger partial charge >= 0.3 is 0 Å². The van der Waals surface area contributed by atoms with Gasteiger partial charge in [-0.15, -0.1) is 23.7 Å². The summed E-state index contributed by atoms with van der Waals surface area (Å²) in [7, 11) is 0. The molecule has 2 rings (SSSR count). The third-order valence-corrected chi connectivity index (χ3v) is 4.25. The first-order valence-corrected chi connectivity index (χ1v) is 6.91. The quantitative estimate of drug-likeness (QED) is 0.885. The van der Waals surface area contributed by atoms with E-state index in [9.17, 15) is 0 Å². The molecule has 0 amide bonds. The van der Waals surface area contributed by atoms with Gasteiger partial charge in [-0.3, -0.25) is 0 Å². The summed E-state index contributed by atoms with van der Waals surface area (Å²) in [5.74, 6) is 0.857. The van der Waals surface area contributed by atoms with Crippen LogP contribution in [-0.2, 0) is 6.54 Å². The summed E-state index contributed by atoms with van der Waals surface area (Å²) in [4.78, 5) is 5.84. The highest BCUT2D eigenvalue weighted by atomic mass is 35.5. The Hall–Kier alpha value is -0.160. The summed E-state index contributed by atoms with van der Waals surface area (Å²) in [6, 6.07) is 0. The monoisotopic (exact) mass is 275 g/mol. The molecule has 1 aliphatic rings. The molecule has 3 nitrogen and oxygen atoms in total. The minimum atomic E-state index is 0. The van der Waals surface area contributed by atoms with Gasteiger partial charge in [-0.25, -0.2) is 4.98 Å². The number of aromatic nitrogens is 1. The van der Waals surface area contributed by atoms with Crippen molar-refractivity contribution < 1.29 is 0 Å². The van der Waals surface area contributed by atoms with Crippen LogP contribution in [0.15, 0.2) is 0 Å². The maximum atomic E-state index is 4.45. The zero-order chi connectivity index (χ0) is 11.4. The Morgan fingerprint density at radius 2 is 2.06 bits per heavy atom. The Bertz CT molecular complexity index is 334. The van der Waals surface area contributed by atoms with Crippen molar-refractivity contribution >= 4 is 23.7 Å². The first-order valence-electron chi connectivity index (χ1n) is 6.10. The van der Waals surface area contributed by atoms with Crippen molar-refractivity contribution in [3.8, 4) is 0 Å². The molecular weight excluding hydrogens is 254 g/mol. The van der Waals surface area contributed by atoms with Gasteiger partial charge in [0.05, 0.1) is 10.7 Å². The Balaban J connectivity index is 0.00000144. The number of nitrogens with zero attached hydrogens (tertiary/aromatic N) is 1. The number of piperidine rings is 1. The SMILES string of the molecule is Cc1nc(C)c(CNCC2CCNCC2)s1.Cl. The van der Waals surface area contributed by atoms with Crippen LogP contribution in [0.5, 0.6) is 0 Å². The van der Waals surface area contributed by atoms with Gasteiger partial charge < -0.3 is 10.6 Å². The molecule has 2 heterocycles. The Morgan fingerprint density at radius 1 is 1.35 bits per heavy atom. The lowest BCUT2D eigenvalue weighted by Crippen LogP contribution is -2.33. The number of aryl methyl sites for hydroxylation is 2. The molecular formula is C12H22ClN3S. The molecule has 1 saturated heterocycles. The molecule has 2 N–H and O–H groups in total. The lowest BCUT2D eigenvalue weighted by molar-refractivity contribution is 0.356. The molecule has 98 valence electrons. The molecule has 0 radical (unpaired) electrons. The minimum absolute atomic E-state index is 0. The molecule has 1 aromatic heterocycles. The zero-order valence-corrected chi connectivity index (χ0v) is 12.2. The minimum Gasteiger partial charge on any atom is -0.317 e. The van der Waals surface area contributed by atoms with E-state index in [1.54, 1.807) is 0 Å². The average Bonchev–Trinajstić information content (AvgIpc) is 2.59. The fourth-order valence-corrected chi connectivity index (χ4v) is 3.12. The Labute approximate surface area is 114 Å². The average molecular weight is 276 g/mol. The van der Waals surface area contributed by atoms with Crippen molar-refractivity contribution in [3.05, 3.63) is 15.6 Å². The third-order valence-electron chi connectivity index (χ3n) is 3.18. The molecule has 0 aromatic carbocycles. The number of hydrogen-bond acceptors (Lipinski definition) is 4. The maximum Gasteiger partial charge on any atom is 0.0900 e. The van der Waals surface area contributed by atoms with E-state index in [1.165, 1.54) is 41.5 Å². The van der Waals surface area contributed by atoms with Gasteiger partial charge in [0.1, 0.15) is 0 Å². The third kappa shape index (κ3) is 4.54.